The second-order valence-corrected chi connectivity index (χ2v) is 7.27. The molecule has 0 spiro atoms. The van der Waals surface area contributed by atoms with Gasteiger partial charge in [0, 0.05) is 31.5 Å². The van der Waals surface area contributed by atoms with Crippen LogP contribution in [0.15, 0.2) is 48.5 Å². The van der Waals surface area contributed by atoms with Crippen LogP contribution in [0.1, 0.15) is 41.3 Å². The minimum atomic E-state index is -0.0855. The van der Waals surface area contributed by atoms with Crippen LogP contribution in [0.25, 0.3) is 0 Å². The summed E-state index contributed by atoms with van der Waals surface area (Å²) in [6, 6.07) is 15.7. The highest BCUT2D eigenvalue weighted by Crippen LogP contribution is 2.18. The molecule has 1 aliphatic heterocycles. The van der Waals surface area contributed by atoms with Crippen LogP contribution in [0, 0.1) is 5.92 Å². The first kappa shape index (κ1) is 18.6. The lowest BCUT2D eigenvalue weighted by Gasteiger charge is -2.30. The average molecular weight is 352 g/mol. The molecule has 1 saturated heterocycles. The number of carbonyl (C=O) groups excluding carboxylic acids is 1. The van der Waals surface area contributed by atoms with Gasteiger partial charge in [0.25, 0.3) is 5.91 Å². The maximum Gasteiger partial charge on any atom is 0.255 e. The van der Waals surface area contributed by atoms with Crippen molar-refractivity contribution < 1.29 is 9.53 Å². The lowest BCUT2D eigenvalue weighted by atomic mass is 9.99. The van der Waals surface area contributed by atoms with Crippen LogP contribution in [-0.4, -0.2) is 31.0 Å². The van der Waals surface area contributed by atoms with Crippen LogP contribution in [-0.2, 0) is 17.9 Å². The highest BCUT2D eigenvalue weighted by molar-refractivity contribution is 6.04. The number of methoxy groups -OCH3 is 1. The van der Waals surface area contributed by atoms with Crippen LogP contribution in [0.3, 0.4) is 0 Å². The van der Waals surface area contributed by atoms with E-state index >= 15 is 0 Å². The minimum Gasteiger partial charge on any atom is -0.380 e. The van der Waals surface area contributed by atoms with E-state index in [4.69, 9.17) is 4.74 Å². The Balaban J connectivity index is 1.59. The zero-order valence-corrected chi connectivity index (χ0v) is 15.7. The number of carbonyl (C=O) groups is 1. The van der Waals surface area contributed by atoms with E-state index in [1.807, 2.05) is 36.4 Å². The van der Waals surface area contributed by atoms with Crippen molar-refractivity contribution in [2.24, 2.45) is 5.92 Å². The van der Waals surface area contributed by atoms with Crippen LogP contribution in [0.2, 0.25) is 0 Å². The maximum absolute atomic E-state index is 12.5. The zero-order chi connectivity index (χ0) is 18.4. The van der Waals surface area contributed by atoms with Crippen molar-refractivity contribution in [2.75, 3.05) is 25.5 Å². The first-order chi connectivity index (χ1) is 12.6. The zero-order valence-electron chi connectivity index (χ0n) is 15.7. The number of hydrogen-bond acceptors (Lipinski definition) is 3. The van der Waals surface area contributed by atoms with E-state index in [1.54, 1.807) is 7.11 Å². The SMILES string of the molecule is COCc1cccc(NC(=O)c2ccc(CN3CCC[C@@H](C)C3)cc2)c1. The van der Waals surface area contributed by atoms with Crippen molar-refractivity contribution in [3.05, 3.63) is 65.2 Å². The molecule has 0 aromatic heterocycles. The lowest BCUT2D eigenvalue weighted by molar-refractivity contribution is 0.102. The molecule has 26 heavy (non-hydrogen) atoms. The summed E-state index contributed by atoms with van der Waals surface area (Å²) >= 11 is 0. The highest BCUT2D eigenvalue weighted by Gasteiger charge is 2.16. The number of amides is 1. The fourth-order valence-corrected chi connectivity index (χ4v) is 3.56. The van der Waals surface area contributed by atoms with E-state index in [-0.39, 0.29) is 5.91 Å². The molecule has 4 heteroatoms. The Labute approximate surface area is 156 Å². The number of benzene rings is 2. The first-order valence-electron chi connectivity index (χ1n) is 9.34. The maximum atomic E-state index is 12.5. The summed E-state index contributed by atoms with van der Waals surface area (Å²) in [7, 11) is 1.66. The number of likely N-dealkylation sites (tertiary alicyclic amines) is 1. The van der Waals surface area contributed by atoms with Gasteiger partial charge in [-0.05, 0) is 60.7 Å². The Kier molecular flexibility index (Phi) is 6.42. The van der Waals surface area contributed by atoms with E-state index in [0.29, 0.717) is 12.2 Å². The molecule has 2 aromatic carbocycles. The quantitative estimate of drug-likeness (QED) is 0.842. The van der Waals surface area contributed by atoms with Gasteiger partial charge in [-0.15, -0.1) is 0 Å². The summed E-state index contributed by atoms with van der Waals surface area (Å²) < 4.78 is 5.14. The van der Waals surface area contributed by atoms with Gasteiger partial charge >= 0.3 is 0 Å². The van der Waals surface area contributed by atoms with E-state index in [1.165, 1.54) is 31.5 Å². The van der Waals surface area contributed by atoms with Crippen molar-refractivity contribution in [1.29, 1.82) is 0 Å². The predicted octanol–water partition coefficient (Wildman–Crippen LogP) is 4.32. The molecule has 0 unspecified atom stereocenters. The molecule has 1 fully saturated rings. The molecule has 4 nitrogen and oxygen atoms in total. The molecule has 138 valence electrons. The Morgan fingerprint density at radius 2 is 2.00 bits per heavy atom. The molecule has 1 atom stereocenters. The van der Waals surface area contributed by atoms with Crippen LogP contribution >= 0.6 is 0 Å². The summed E-state index contributed by atoms with van der Waals surface area (Å²) in [4.78, 5) is 15.0. The van der Waals surface area contributed by atoms with Crippen molar-refractivity contribution in [1.82, 2.24) is 4.90 Å². The predicted molar refractivity (Wildman–Crippen MR) is 105 cm³/mol. The van der Waals surface area contributed by atoms with Crippen LogP contribution in [0.4, 0.5) is 5.69 Å². The summed E-state index contributed by atoms with van der Waals surface area (Å²) in [6.07, 6.45) is 2.62. The number of ether oxygens (including phenoxy) is 1. The third-order valence-corrected chi connectivity index (χ3v) is 4.86. The Hall–Kier alpha value is -2.17. The molecule has 0 radical (unpaired) electrons. The Morgan fingerprint density at radius 1 is 1.19 bits per heavy atom. The van der Waals surface area contributed by atoms with Crippen LogP contribution in [0.5, 0.6) is 0 Å². The van der Waals surface area contributed by atoms with Gasteiger partial charge in [0.15, 0.2) is 0 Å². The number of rotatable bonds is 6. The third-order valence-electron chi connectivity index (χ3n) is 4.86. The van der Waals surface area contributed by atoms with Gasteiger partial charge in [0.2, 0.25) is 0 Å². The number of nitrogens with one attached hydrogen (secondary N) is 1. The number of hydrogen-bond donors (Lipinski definition) is 1. The largest absolute Gasteiger partial charge is 0.380 e. The van der Waals surface area contributed by atoms with E-state index in [2.05, 4.69) is 29.3 Å². The second kappa shape index (κ2) is 8.97. The molecule has 0 bridgehead atoms. The van der Waals surface area contributed by atoms with Gasteiger partial charge in [-0.2, -0.15) is 0 Å². The van der Waals surface area contributed by atoms with Gasteiger partial charge in [-0.25, -0.2) is 0 Å². The molecule has 1 N–H and O–H groups in total. The topological polar surface area (TPSA) is 41.6 Å². The van der Waals surface area contributed by atoms with Gasteiger partial charge in [0.1, 0.15) is 0 Å². The highest BCUT2D eigenvalue weighted by atomic mass is 16.5. The molecule has 3 rings (SSSR count). The van der Waals surface area contributed by atoms with Crippen molar-refractivity contribution >= 4 is 11.6 Å². The molecule has 0 aliphatic carbocycles. The first-order valence-corrected chi connectivity index (χ1v) is 9.34. The summed E-state index contributed by atoms with van der Waals surface area (Å²) in [5, 5.41) is 2.96. The van der Waals surface area contributed by atoms with Crippen molar-refractivity contribution in [3.8, 4) is 0 Å². The molecule has 1 amide bonds. The Morgan fingerprint density at radius 3 is 2.73 bits per heavy atom. The van der Waals surface area contributed by atoms with Gasteiger partial charge in [-0.3, -0.25) is 9.69 Å². The van der Waals surface area contributed by atoms with E-state index in [9.17, 15) is 4.79 Å². The molecule has 2 aromatic rings. The summed E-state index contributed by atoms with van der Waals surface area (Å²) in [5.74, 6) is 0.695. The Bertz CT molecular complexity index is 727. The van der Waals surface area contributed by atoms with E-state index < -0.39 is 0 Å². The number of anilines is 1. The fraction of sp³-hybridized carbons (Fsp3) is 0.409. The second-order valence-electron chi connectivity index (χ2n) is 7.27. The molecular weight excluding hydrogens is 324 g/mol. The monoisotopic (exact) mass is 352 g/mol. The van der Waals surface area contributed by atoms with E-state index in [0.717, 1.165) is 23.7 Å². The number of nitrogens with zero attached hydrogens (tertiary/aromatic N) is 1. The fourth-order valence-electron chi connectivity index (χ4n) is 3.56. The number of piperidine rings is 1. The van der Waals surface area contributed by atoms with Gasteiger partial charge in [0.05, 0.1) is 6.61 Å². The molecule has 1 aliphatic rings. The normalized spacial score (nSPS) is 17.8. The standard InChI is InChI=1S/C22H28N2O2/c1-17-5-4-12-24(14-17)15-18-8-10-20(11-9-18)22(25)23-21-7-3-6-19(13-21)16-26-2/h3,6-11,13,17H,4-5,12,14-16H2,1-2H3,(H,23,25)/t17-/m1/s1. The lowest BCUT2D eigenvalue weighted by Crippen LogP contribution is -2.33. The van der Waals surface area contributed by atoms with Crippen LogP contribution < -0.4 is 5.32 Å². The van der Waals surface area contributed by atoms with Crippen molar-refractivity contribution in [3.63, 3.8) is 0 Å². The summed E-state index contributed by atoms with van der Waals surface area (Å²) in [5.41, 5.74) is 3.77. The van der Waals surface area contributed by atoms with Gasteiger partial charge in [-0.1, -0.05) is 31.2 Å². The smallest absolute Gasteiger partial charge is 0.255 e. The average Bonchev–Trinajstić information content (AvgIpc) is 2.63. The molecular formula is C22H28N2O2. The molecule has 0 saturated carbocycles. The van der Waals surface area contributed by atoms with Gasteiger partial charge < -0.3 is 10.1 Å². The molecule has 1 heterocycles. The minimum absolute atomic E-state index is 0.0855. The van der Waals surface area contributed by atoms with Crippen molar-refractivity contribution in [2.45, 2.75) is 32.9 Å². The third kappa shape index (κ3) is 5.16. The summed E-state index contributed by atoms with van der Waals surface area (Å²) in [6.45, 7) is 6.16.